The first-order valence-corrected chi connectivity index (χ1v) is 7.52. The van der Waals surface area contributed by atoms with E-state index in [9.17, 15) is 0 Å². The fourth-order valence-corrected chi connectivity index (χ4v) is 5.82. The molecule has 2 aliphatic carbocycles. The third kappa shape index (κ3) is 1.54. The summed E-state index contributed by atoms with van der Waals surface area (Å²) in [6.45, 7) is 11.0. The maximum atomic E-state index is 6.13. The Hall–Kier alpha value is -0.0400. The zero-order valence-corrected chi connectivity index (χ0v) is 12.0. The summed E-state index contributed by atoms with van der Waals surface area (Å²) < 4.78 is 6.13. The Morgan fingerprint density at radius 1 is 0.882 bits per heavy atom. The van der Waals surface area contributed by atoms with E-state index in [1.807, 2.05) is 0 Å². The van der Waals surface area contributed by atoms with E-state index >= 15 is 0 Å². The minimum atomic E-state index is 0.207. The van der Waals surface area contributed by atoms with Crippen molar-refractivity contribution in [2.75, 3.05) is 6.61 Å². The highest BCUT2D eigenvalue weighted by Gasteiger charge is 2.60. The number of rotatable bonds is 0. The van der Waals surface area contributed by atoms with Crippen molar-refractivity contribution in [1.82, 2.24) is 0 Å². The number of hydrogen-bond donors (Lipinski definition) is 0. The molecule has 0 aromatic carbocycles. The van der Waals surface area contributed by atoms with Crippen LogP contribution < -0.4 is 0 Å². The fourth-order valence-electron chi connectivity index (χ4n) is 5.82. The molecule has 1 aliphatic heterocycles. The Morgan fingerprint density at radius 2 is 1.65 bits per heavy atom. The smallest absolute Gasteiger partial charge is 0.0688 e. The van der Waals surface area contributed by atoms with Gasteiger partial charge in [0.25, 0.3) is 0 Å². The van der Waals surface area contributed by atoms with Crippen molar-refractivity contribution in [2.45, 2.75) is 71.8 Å². The van der Waals surface area contributed by atoms with E-state index in [-0.39, 0.29) is 5.60 Å². The molecular formula is C16H28O. The largest absolute Gasteiger partial charge is 0.375 e. The van der Waals surface area contributed by atoms with Crippen molar-refractivity contribution < 1.29 is 4.74 Å². The third-order valence-corrected chi connectivity index (χ3v) is 6.58. The van der Waals surface area contributed by atoms with Crippen molar-refractivity contribution in [3.63, 3.8) is 0 Å². The molecule has 0 bridgehead atoms. The Bertz CT molecular complexity index is 317. The van der Waals surface area contributed by atoms with Crippen molar-refractivity contribution >= 4 is 0 Å². The summed E-state index contributed by atoms with van der Waals surface area (Å²) in [6, 6.07) is 0. The van der Waals surface area contributed by atoms with Gasteiger partial charge in [0.1, 0.15) is 0 Å². The topological polar surface area (TPSA) is 9.23 Å². The van der Waals surface area contributed by atoms with Crippen LogP contribution in [-0.2, 0) is 4.74 Å². The van der Waals surface area contributed by atoms with E-state index in [0.717, 1.165) is 18.4 Å². The molecule has 4 atom stereocenters. The van der Waals surface area contributed by atoms with Crippen LogP contribution in [0.1, 0.15) is 66.2 Å². The molecule has 2 saturated carbocycles. The molecule has 17 heavy (non-hydrogen) atoms. The quantitative estimate of drug-likeness (QED) is 0.605. The predicted octanol–water partition coefficient (Wildman–Crippen LogP) is 4.41. The lowest BCUT2D eigenvalue weighted by Crippen LogP contribution is -2.55. The van der Waals surface area contributed by atoms with Gasteiger partial charge in [-0.2, -0.15) is 0 Å². The van der Waals surface area contributed by atoms with Gasteiger partial charge in [0, 0.05) is 6.61 Å². The number of fused-ring (bicyclic) bond motifs is 3. The summed E-state index contributed by atoms with van der Waals surface area (Å²) in [4.78, 5) is 0. The molecule has 1 nitrogen and oxygen atoms in total. The molecule has 0 spiro atoms. The standard InChI is InChI=1S/C16H28O/c1-14(2)8-5-9-15(3)12(14)6-10-16(4)13(15)7-11-17-16/h12-13H,5-11H2,1-4H3/t12?,13?,15-,16+/m0/s1. The van der Waals surface area contributed by atoms with Crippen molar-refractivity contribution in [1.29, 1.82) is 0 Å². The van der Waals surface area contributed by atoms with Gasteiger partial charge in [0.15, 0.2) is 0 Å². The highest BCUT2D eigenvalue weighted by atomic mass is 16.5. The molecule has 3 aliphatic rings. The summed E-state index contributed by atoms with van der Waals surface area (Å²) in [6.07, 6.45) is 8.27. The lowest BCUT2D eigenvalue weighted by Gasteiger charge is -2.60. The molecule has 2 unspecified atom stereocenters. The normalized spacial score (nSPS) is 52.9. The molecule has 98 valence electrons. The maximum Gasteiger partial charge on any atom is 0.0688 e. The summed E-state index contributed by atoms with van der Waals surface area (Å²) in [5, 5.41) is 0. The van der Waals surface area contributed by atoms with E-state index in [0.29, 0.717) is 10.8 Å². The molecule has 3 rings (SSSR count). The fraction of sp³-hybridized carbons (Fsp3) is 1.00. The predicted molar refractivity (Wildman–Crippen MR) is 70.9 cm³/mol. The first-order chi connectivity index (χ1) is 7.89. The lowest BCUT2D eigenvalue weighted by atomic mass is 9.46. The summed E-state index contributed by atoms with van der Waals surface area (Å²) in [7, 11) is 0. The minimum absolute atomic E-state index is 0.207. The molecular weight excluding hydrogens is 208 g/mol. The highest BCUT2D eigenvalue weighted by Crippen LogP contribution is 2.64. The van der Waals surface area contributed by atoms with Crippen LogP contribution in [-0.4, -0.2) is 12.2 Å². The van der Waals surface area contributed by atoms with Crippen LogP contribution in [0.2, 0.25) is 0 Å². The molecule has 0 amide bonds. The highest BCUT2D eigenvalue weighted by molar-refractivity contribution is 5.09. The van der Waals surface area contributed by atoms with Crippen LogP contribution in [0, 0.1) is 22.7 Å². The Labute approximate surface area is 106 Å². The van der Waals surface area contributed by atoms with Crippen LogP contribution in [0.5, 0.6) is 0 Å². The van der Waals surface area contributed by atoms with Gasteiger partial charge < -0.3 is 4.74 Å². The van der Waals surface area contributed by atoms with Crippen LogP contribution in [0.15, 0.2) is 0 Å². The maximum absolute atomic E-state index is 6.13. The third-order valence-electron chi connectivity index (χ3n) is 6.58. The average molecular weight is 236 g/mol. The molecule has 1 heterocycles. The molecule has 3 fully saturated rings. The van der Waals surface area contributed by atoms with Crippen LogP contribution in [0.25, 0.3) is 0 Å². The first kappa shape index (κ1) is 12.0. The molecule has 1 heteroatoms. The van der Waals surface area contributed by atoms with Crippen molar-refractivity contribution in [2.24, 2.45) is 22.7 Å². The Morgan fingerprint density at radius 3 is 2.41 bits per heavy atom. The zero-order valence-electron chi connectivity index (χ0n) is 12.0. The second-order valence-corrected chi connectivity index (χ2v) is 7.94. The number of ether oxygens (including phenoxy) is 1. The van der Waals surface area contributed by atoms with E-state index in [2.05, 4.69) is 27.7 Å². The zero-order chi connectivity index (χ0) is 12.3. The Kier molecular flexibility index (Phi) is 2.47. The van der Waals surface area contributed by atoms with Gasteiger partial charge in [-0.05, 0) is 61.7 Å². The first-order valence-electron chi connectivity index (χ1n) is 7.52. The minimum Gasteiger partial charge on any atom is -0.375 e. The number of hydrogen-bond acceptors (Lipinski definition) is 1. The molecule has 0 aromatic heterocycles. The molecule has 0 N–H and O–H groups in total. The van der Waals surface area contributed by atoms with Gasteiger partial charge in [-0.1, -0.05) is 27.2 Å². The SMILES string of the molecule is CC1(C)CCC[C@@]2(C)C1CC[C@@]1(C)OCCC21. The van der Waals surface area contributed by atoms with Crippen molar-refractivity contribution in [3.8, 4) is 0 Å². The van der Waals surface area contributed by atoms with Crippen LogP contribution >= 0.6 is 0 Å². The van der Waals surface area contributed by atoms with Gasteiger partial charge in [-0.15, -0.1) is 0 Å². The van der Waals surface area contributed by atoms with E-state index in [1.165, 1.54) is 38.5 Å². The van der Waals surface area contributed by atoms with Gasteiger partial charge in [0.2, 0.25) is 0 Å². The van der Waals surface area contributed by atoms with Gasteiger partial charge in [0.05, 0.1) is 5.60 Å². The van der Waals surface area contributed by atoms with E-state index in [1.54, 1.807) is 0 Å². The van der Waals surface area contributed by atoms with Gasteiger partial charge in [-0.25, -0.2) is 0 Å². The van der Waals surface area contributed by atoms with Crippen LogP contribution in [0.3, 0.4) is 0 Å². The molecule has 1 saturated heterocycles. The van der Waals surface area contributed by atoms with E-state index in [4.69, 9.17) is 4.74 Å². The van der Waals surface area contributed by atoms with Crippen LogP contribution in [0.4, 0.5) is 0 Å². The molecule has 0 radical (unpaired) electrons. The lowest BCUT2D eigenvalue weighted by molar-refractivity contribution is -0.147. The van der Waals surface area contributed by atoms with E-state index < -0.39 is 0 Å². The summed E-state index contributed by atoms with van der Waals surface area (Å²) in [5.74, 6) is 1.73. The van der Waals surface area contributed by atoms with Crippen molar-refractivity contribution in [3.05, 3.63) is 0 Å². The summed E-state index contributed by atoms with van der Waals surface area (Å²) >= 11 is 0. The second-order valence-electron chi connectivity index (χ2n) is 7.94. The van der Waals surface area contributed by atoms with Gasteiger partial charge in [-0.3, -0.25) is 0 Å². The van der Waals surface area contributed by atoms with Gasteiger partial charge >= 0.3 is 0 Å². The monoisotopic (exact) mass is 236 g/mol. The summed E-state index contributed by atoms with van der Waals surface area (Å²) in [5.41, 5.74) is 1.31. The average Bonchev–Trinajstić information content (AvgIpc) is 2.60. The Balaban J connectivity index is 1.98. The second kappa shape index (κ2) is 3.50. The molecule has 0 aromatic rings.